The molecule has 0 N–H and O–H groups in total. The number of alkyl halides is 6. The molecular formula is C14H6F6N2Se. The van der Waals surface area contributed by atoms with Crippen molar-refractivity contribution in [3.8, 4) is 11.1 Å². The molecule has 9 heteroatoms. The van der Waals surface area contributed by atoms with Crippen molar-refractivity contribution in [1.82, 2.24) is 7.96 Å². The monoisotopic (exact) mass is 396 g/mol. The average molecular weight is 395 g/mol. The Morgan fingerprint density at radius 1 is 0.783 bits per heavy atom. The summed E-state index contributed by atoms with van der Waals surface area (Å²) in [6.07, 6.45) is -9.75. The molecule has 0 radical (unpaired) electrons. The predicted octanol–water partition coefficient (Wildman–Crippen LogP) is 4.39. The molecule has 0 saturated heterocycles. The Morgan fingerprint density at radius 3 is 1.96 bits per heavy atom. The summed E-state index contributed by atoms with van der Waals surface area (Å²) in [5, 5.41) is 0. The number of fused-ring (bicyclic) bond motifs is 1. The van der Waals surface area contributed by atoms with Gasteiger partial charge in [0.05, 0.1) is 0 Å². The molecule has 0 amide bonds. The quantitative estimate of drug-likeness (QED) is 0.451. The fraction of sp³-hybridized carbons (Fsp3) is 0.143. The van der Waals surface area contributed by atoms with Gasteiger partial charge in [0.15, 0.2) is 0 Å². The third-order valence-corrected chi connectivity index (χ3v) is 4.32. The van der Waals surface area contributed by atoms with Crippen LogP contribution in [0.25, 0.3) is 22.2 Å². The molecule has 0 saturated carbocycles. The van der Waals surface area contributed by atoms with Crippen LogP contribution in [0.15, 0.2) is 36.4 Å². The Morgan fingerprint density at radius 2 is 1.39 bits per heavy atom. The second-order valence-electron chi connectivity index (χ2n) is 4.73. The molecule has 0 spiro atoms. The van der Waals surface area contributed by atoms with Gasteiger partial charge in [-0.1, -0.05) is 0 Å². The Balaban J connectivity index is 2.29. The standard InChI is InChI=1S/C14H6F6N2Se/c15-13(16,17)8-4-7(5-9(6-8)14(18,19)20)10-2-1-3-11-12(10)22-23-21-11/h1-6H. The van der Waals surface area contributed by atoms with Gasteiger partial charge >= 0.3 is 131 Å². The van der Waals surface area contributed by atoms with E-state index in [1.807, 2.05) is 0 Å². The van der Waals surface area contributed by atoms with Crippen LogP contribution in [0.4, 0.5) is 26.3 Å². The zero-order chi connectivity index (χ0) is 16.8. The number of benzene rings is 2. The molecule has 1 heterocycles. The molecule has 0 bridgehead atoms. The first-order valence-corrected chi connectivity index (χ1v) is 7.70. The Kier molecular flexibility index (Phi) is 3.72. The van der Waals surface area contributed by atoms with Crippen LogP contribution >= 0.6 is 0 Å². The molecule has 0 aliphatic rings. The molecule has 0 fully saturated rings. The summed E-state index contributed by atoms with van der Waals surface area (Å²) in [7, 11) is 0. The molecule has 3 rings (SSSR count). The maximum absolute atomic E-state index is 12.9. The number of hydrogen-bond donors (Lipinski definition) is 0. The van der Waals surface area contributed by atoms with Gasteiger partial charge in [-0.2, -0.15) is 0 Å². The molecule has 2 aromatic carbocycles. The molecule has 1 aromatic heterocycles. The summed E-state index contributed by atoms with van der Waals surface area (Å²) in [4.78, 5) is 0. The Hall–Kier alpha value is -1.86. The Labute approximate surface area is 132 Å². The van der Waals surface area contributed by atoms with Crippen molar-refractivity contribution in [2.24, 2.45) is 0 Å². The number of rotatable bonds is 1. The van der Waals surface area contributed by atoms with Gasteiger partial charge < -0.3 is 0 Å². The minimum absolute atomic E-state index is 0.109. The zero-order valence-electron chi connectivity index (χ0n) is 11.0. The maximum atomic E-state index is 12.9. The average Bonchev–Trinajstić information content (AvgIpc) is 2.93. The van der Waals surface area contributed by atoms with E-state index >= 15 is 0 Å². The van der Waals surface area contributed by atoms with Crippen LogP contribution in [0, 0.1) is 0 Å². The number of nitrogens with zero attached hydrogens (tertiary/aromatic N) is 2. The van der Waals surface area contributed by atoms with E-state index in [9.17, 15) is 26.3 Å². The summed E-state index contributed by atoms with van der Waals surface area (Å²) in [6, 6.07) is 6.10. The van der Waals surface area contributed by atoms with E-state index in [0.29, 0.717) is 23.2 Å². The van der Waals surface area contributed by atoms with E-state index in [2.05, 4.69) is 7.96 Å². The van der Waals surface area contributed by atoms with Gasteiger partial charge in [-0.15, -0.1) is 0 Å². The van der Waals surface area contributed by atoms with Gasteiger partial charge in [-0.05, 0) is 0 Å². The van der Waals surface area contributed by atoms with Crippen molar-refractivity contribution in [1.29, 1.82) is 0 Å². The van der Waals surface area contributed by atoms with Crippen LogP contribution in [0.5, 0.6) is 0 Å². The molecule has 120 valence electrons. The fourth-order valence-corrected chi connectivity index (χ4v) is 3.30. The van der Waals surface area contributed by atoms with E-state index in [1.165, 1.54) is 12.1 Å². The first-order valence-electron chi connectivity index (χ1n) is 6.17. The first kappa shape index (κ1) is 16.0. The summed E-state index contributed by atoms with van der Waals surface area (Å²) < 4.78 is 85.7. The van der Waals surface area contributed by atoms with Crippen molar-refractivity contribution in [3.05, 3.63) is 47.5 Å². The van der Waals surface area contributed by atoms with E-state index < -0.39 is 38.4 Å². The molecule has 0 unspecified atom stereocenters. The third-order valence-electron chi connectivity index (χ3n) is 3.18. The van der Waals surface area contributed by atoms with E-state index in [1.54, 1.807) is 6.07 Å². The van der Waals surface area contributed by atoms with Crippen LogP contribution in [0.2, 0.25) is 0 Å². The first-order chi connectivity index (χ1) is 10.7. The second-order valence-corrected chi connectivity index (χ2v) is 5.84. The zero-order valence-corrected chi connectivity index (χ0v) is 12.7. The van der Waals surface area contributed by atoms with Gasteiger partial charge in [0.1, 0.15) is 0 Å². The van der Waals surface area contributed by atoms with E-state index in [0.717, 1.165) is 0 Å². The van der Waals surface area contributed by atoms with Crippen LogP contribution in [0.3, 0.4) is 0 Å². The topological polar surface area (TPSA) is 25.8 Å². The molecular weight excluding hydrogens is 389 g/mol. The van der Waals surface area contributed by atoms with Crippen LogP contribution in [-0.2, 0) is 12.4 Å². The number of aromatic nitrogens is 2. The van der Waals surface area contributed by atoms with Gasteiger partial charge in [-0.25, -0.2) is 0 Å². The third kappa shape index (κ3) is 3.11. The Bertz CT molecular complexity index is 833. The van der Waals surface area contributed by atoms with Crippen LogP contribution < -0.4 is 0 Å². The van der Waals surface area contributed by atoms with Crippen LogP contribution in [-0.4, -0.2) is 22.9 Å². The minimum atomic E-state index is -4.88. The van der Waals surface area contributed by atoms with Crippen molar-refractivity contribution < 1.29 is 26.3 Å². The fourth-order valence-electron chi connectivity index (χ4n) is 2.15. The van der Waals surface area contributed by atoms with E-state index in [4.69, 9.17) is 0 Å². The number of hydrogen-bond acceptors (Lipinski definition) is 2. The second kappa shape index (κ2) is 5.35. The molecule has 23 heavy (non-hydrogen) atoms. The van der Waals surface area contributed by atoms with Crippen LogP contribution in [0.1, 0.15) is 11.1 Å². The molecule has 0 atom stereocenters. The summed E-state index contributed by atoms with van der Waals surface area (Å²) >= 11 is -0.438. The van der Waals surface area contributed by atoms with E-state index in [-0.39, 0.29) is 17.2 Å². The predicted molar refractivity (Wildman–Crippen MR) is 71.9 cm³/mol. The van der Waals surface area contributed by atoms with Gasteiger partial charge in [0.25, 0.3) is 0 Å². The van der Waals surface area contributed by atoms with Crippen molar-refractivity contribution in [2.45, 2.75) is 12.4 Å². The summed E-state index contributed by atoms with van der Waals surface area (Å²) in [6.45, 7) is 0. The van der Waals surface area contributed by atoms with Gasteiger partial charge in [0.2, 0.25) is 0 Å². The molecule has 0 aliphatic heterocycles. The van der Waals surface area contributed by atoms with Crippen molar-refractivity contribution in [2.75, 3.05) is 0 Å². The molecule has 0 aliphatic carbocycles. The normalized spacial score (nSPS) is 12.8. The van der Waals surface area contributed by atoms with Crippen molar-refractivity contribution in [3.63, 3.8) is 0 Å². The summed E-state index contributed by atoms with van der Waals surface area (Å²) in [5.41, 5.74) is -1.85. The SMILES string of the molecule is FC(F)(F)c1cc(-c2cccc3n[se]nc23)cc(C(F)(F)F)c1. The van der Waals surface area contributed by atoms with Gasteiger partial charge in [0, 0.05) is 0 Å². The van der Waals surface area contributed by atoms with Crippen molar-refractivity contribution >= 4 is 26.0 Å². The molecule has 3 aromatic rings. The summed E-state index contributed by atoms with van der Waals surface area (Å²) in [5.74, 6) is 0. The number of halogens is 6. The molecule has 2 nitrogen and oxygen atoms in total. The van der Waals surface area contributed by atoms with Gasteiger partial charge in [-0.3, -0.25) is 0 Å².